The second-order valence-electron chi connectivity index (χ2n) is 2.37. The van der Waals surface area contributed by atoms with Crippen LogP contribution in [0.15, 0.2) is 12.4 Å². The molecule has 14 heavy (non-hydrogen) atoms. The molecular formula is C6H4F4N2O2. The molecule has 0 aromatic carbocycles. The van der Waals surface area contributed by atoms with Crippen LogP contribution in [0.5, 0.6) is 0 Å². The van der Waals surface area contributed by atoms with Gasteiger partial charge in [0, 0.05) is 6.20 Å². The van der Waals surface area contributed by atoms with Gasteiger partial charge in [0.15, 0.2) is 0 Å². The van der Waals surface area contributed by atoms with Gasteiger partial charge in [0.2, 0.25) is 0 Å². The van der Waals surface area contributed by atoms with Crippen LogP contribution in [0.4, 0.5) is 17.6 Å². The molecule has 78 valence electrons. The van der Waals surface area contributed by atoms with Gasteiger partial charge in [-0.3, -0.25) is 0 Å². The van der Waals surface area contributed by atoms with E-state index in [9.17, 15) is 22.4 Å². The Balaban J connectivity index is 3.02. The topological polar surface area (TPSA) is 55.1 Å². The maximum absolute atomic E-state index is 12.5. The Labute approximate surface area is 74.8 Å². The number of alkyl halides is 4. The minimum absolute atomic E-state index is 0.342. The Morgan fingerprint density at radius 3 is 2.50 bits per heavy atom. The Morgan fingerprint density at radius 1 is 1.57 bits per heavy atom. The lowest BCUT2D eigenvalue weighted by Crippen LogP contribution is -2.31. The lowest BCUT2D eigenvalue weighted by Gasteiger charge is -2.14. The molecule has 1 heterocycles. The molecule has 1 aromatic rings. The van der Waals surface area contributed by atoms with Gasteiger partial charge in [-0.1, -0.05) is 0 Å². The van der Waals surface area contributed by atoms with Crippen molar-refractivity contribution < 1.29 is 27.5 Å². The number of carbonyl (C=O) groups is 1. The number of rotatable bonds is 3. The Hall–Kier alpha value is -1.60. The number of hydrogen-bond acceptors (Lipinski definition) is 2. The van der Waals surface area contributed by atoms with Crippen LogP contribution in [0.3, 0.4) is 0 Å². The maximum Gasteiger partial charge on any atom is 0.403 e. The molecule has 0 fully saturated rings. The summed E-state index contributed by atoms with van der Waals surface area (Å²) in [6.45, 7) is 0. The highest BCUT2D eigenvalue weighted by Gasteiger charge is 2.44. The minimum Gasteiger partial charge on any atom is -0.478 e. The Bertz CT molecular complexity index is 349. The first-order valence-corrected chi connectivity index (χ1v) is 3.30. The van der Waals surface area contributed by atoms with Gasteiger partial charge in [0.25, 0.3) is 0 Å². The number of nitrogens with zero attached hydrogens (tertiary/aromatic N) is 2. The lowest BCUT2D eigenvalue weighted by molar-refractivity contribution is -0.196. The summed E-state index contributed by atoms with van der Waals surface area (Å²) < 4.78 is 48.2. The molecule has 1 aromatic heterocycles. The van der Waals surface area contributed by atoms with E-state index in [1.54, 1.807) is 0 Å². The molecule has 0 bridgehead atoms. The van der Waals surface area contributed by atoms with E-state index in [-0.39, 0.29) is 4.68 Å². The Morgan fingerprint density at radius 2 is 2.14 bits per heavy atom. The molecule has 0 atom stereocenters. The quantitative estimate of drug-likeness (QED) is 0.770. The van der Waals surface area contributed by atoms with Crippen LogP contribution in [0.25, 0.3) is 0 Å². The van der Waals surface area contributed by atoms with Crippen molar-refractivity contribution in [3.8, 4) is 0 Å². The standard InChI is InChI=1S/C6H4F4N2O2/c7-5(8)6(9,10)12-2-3(1-11-12)4(13)14/h1-2,5H,(H,13,14). The van der Waals surface area contributed by atoms with Crippen LogP contribution in [0, 0.1) is 0 Å². The fourth-order valence-electron chi connectivity index (χ4n) is 0.696. The van der Waals surface area contributed by atoms with E-state index < -0.39 is 24.0 Å². The zero-order valence-electron chi connectivity index (χ0n) is 6.49. The number of halogens is 4. The Kier molecular flexibility index (Phi) is 2.45. The highest BCUT2D eigenvalue weighted by Crippen LogP contribution is 2.27. The average molecular weight is 212 g/mol. The predicted octanol–water partition coefficient (Wildman–Crippen LogP) is 1.40. The van der Waals surface area contributed by atoms with Crippen LogP contribution in [0.2, 0.25) is 0 Å². The van der Waals surface area contributed by atoms with Crippen molar-refractivity contribution in [1.82, 2.24) is 9.78 Å². The first kappa shape index (κ1) is 10.5. The molecular weight excluding hydrogens is 208 g/mol. The van der Waals surface area contributed by atoms with Crippen LogP contribution in [-0.4, -0.2) is 27.3 Å². The van der Waals surface area contributed by atoms with Crippen molar-refractivity contribution in [1.29, 1.82) is 0 Å². The van der Waals surface area contributed by atoms with E-state index in [4.69, 9.17) is 5.11 Å². The summed E-state index contributed by atoms with van der Waals surface area (Å²) in [5.41, 5.74) is -0.578. The summed E-state index contributed by atoms with van der Waals surface area (Å²) in [5.74, 6) is -1.51. The summed E-state index contributed by atoms with van der Waals surface area (Å²) in [7, 11) is 0. The summed E-state index contributed by atoms with van der Waals surface area (Å²) in [6, 6.07) is -4.49. The van der Waals surface area contributed by atoms with E-state index in [2.05, 4.69) is 5.10 Å². The molecule has 0 radical (unpaired) electrons. The zero-order chi connectivity index (χ0) is 10.9. The molecule has 0 unspecified atom stereocenters. The SMILES string of the molecule is O=C(O)c1cnn(C(F)(F)C(F)F)c1. The van der Waals surface area contributed by atoms with Gasteiger partial charge in [-0.05, 0) is 0 Å². The molecule has 0 aliphatic carbocycles. The molecule has 0 saturated carbocycles. The van der Waals surface area contributed by atoms with E-state index in [0.29, 0.717) is 12.4 Å². The first-order valence-electron chi connectivity index (χ1n) is 3.30. The molecule has 1 N–H and O–H groups in total. The zero-order valence-corrected chi connectivity index (χ0v) is 6.49. The van der Waals surface area contributed by atoms with Gasteiger partial charge in [-0.15, -0.1) is 0 Å². The second-order valence-corrected chi connectivity index (χ2v) is 2.37. The van der Waals surface area contributed by atoms with Crippen molar-refractivity contribution in [2.24, 2.45) is 0 Å². The van der Waals surface area contributed by atoms with Gasteiger partial charge < -0.3 is 5.11 Å². The van der Waals surface area contributed by atoms with E-state index in [0.717, 1.165) is 0 Å². The fraction of sp³-hybridized carbons (Fsp3) is 0.333. The van der Waals surface area contributed by atoms with Gasteiger partial charge >= 0.3 is 18.4 Å². The van der Waals surface area contributed by atoms with Crippen molar-refractivity contribution in [3.05, 3.63) is 18.0 Å². The highest BCUT2D eigenvalue weighted by atomic mass is 19.3. The van der Waals surface area contributed by atoms with E-state index in [1.165, 1.54) is 0 Å². The van der Waals surface area contributed by atoms with Gasteiger partial charge in [-0.2, -0.15) is 13.9 Å². The number of aromatic carboxylic acids is 1. The molecule has 8 heteroatoms. The third-order valence-corrected chi connectivity index (χ3v) is 1.40. The lowest BCUT2D eigenvalue weighted by atomic mass is 10.4. The molecule has 4 nitrogen and oxygen atoms in total. The fourth-order valence-corrected chi connectivity index (χ4v) is 0.696. The summed E-state index contributed by atoms with van der Waals surface area (Å²) in [6.07, 6.45) is -3.03. The molecule has 0 amide bonds. The number of carboxylic acid groups (broad SMARTS) is 1. The number of hydrogen-bond donors (Lipinski definition) is 1. The molecule has 0 aliphatic rings. The maximum atomic E-state index is 12.5. The predicted molar refractivity (Wildman–Crippen MR) is 35.4 cm³/mol. The van der Waals surface area contributed by atoms with Crippen molar-refractivity contribution in [2.45, 2.75) is 12.5 Å². The average Bonchev–Trinajstić information content (AvgIpc) is 2.51. The second kappa shape index (κ2) is 3.28. The van der Waals surface area contributed by atoms with Crippen LogP contribution in [0.1, 0.15) is 10.4 Å². The summed E-state index contributed by atoms with van der Waals surface area (Å²) in [4.78, 5) is 10.2. The molecule has 0 spiro atoms. The van der Waals surface area contributed by atoms with E-state index in [1.807, 2.05) is 0 Å². The van der Waals surface area contributed by atoms with Crippen molar-refractivity contribution >= 4 is 5.97 Å². The third-order valence-electron chi connectivity index (χ3n) is 1.40. The van der Waals surface area contributed by atoms with Gasteiger partial charge in [0.05, 0.1) is 11.8 Å². The highest BCUT2D eigenvalue weighted by molar-refractivity contribution is 5.86. The van der Waals surface area contributed by atoms with Gasteiger partial charge in [-0.25, -0.2) is 18.3 Å². The molecule has 1 rings (SSSR count). The van der Waals surface area contributed by atoms with Crippen LogP contribution < -0.4 is 0 Å². The van der Waals surface area contributed by atoms with Crippen molar-refractivity contribution in [2.75, 3.05) is 0 Å². The minimum atomic E-state index is -4.49. The molecule has 0 saturated heterocycles. The summed E-state index contributed by atoms with van der Waals surface area (Å²) >= 11 is 0. The molecule has 0 aliphatic heterocycles. The smallest absolute Gasteiger partial charge is 0.403 e. The number of aromatic nitrogens is 2. The van der Waals surface area contributed by atoms with Crippen LogP contribution in [-0.2, 0) is 6.05 Å². The normalized spacial score (nSPS) is 12.1. The largest absolute Gasteiger partial charge is 0.478 e. The van der Waals surface area contributed by atoms with Crippen LogP contribution >= 0.6 is 0 Å². The third kappa shape index (κ3) is 1.68. The number of carboxylic acids is 1. The van der Waals surface area contributed by atoms with Crippen molar-refractivity contribution in [3.63, 3.8) is 0 Å². The summed E-state index contributed by atoms with van der Waals surface area (Å²) in [5, 5.41) is 11.2. The van der Waals surface area contributed by atoms with Gasteiger partial charge in [0.1, 0.15) is 0 Å². The monoisotopic (exact) mass is 212 g/mol. The van der Waals surface area contributed by atoms with E-state index >= 15 is 0 Å². The first-order chi connectivity index (χ1) is 6.35.